The minimum absolute atomic E-state index is 0.0307. The van der Waals surface area contributed by atoms with Crippen molar-refractivity contribution in [1.82, 2.24) is 5.32 Å². The Labute approximate surface area is 168 Å². The molecule has 0 aromatic rings. The van der Waals surface area contributed by atoms with Gasteiger partial charge in [-0.25, -0.2) is 0 Å². The van der Waals surface area contributed by atoms with E-state index in [1.165, 1.54) is 44.9 Å². The van der Waals surface area contributed by atoms with Gasteiger partial charge in [0.1, 0.15) is 0 Å². The summed E-state index contributed by atoms with van der Waals surface area (Å²) in [5, 5.41) is 12.3. The number of carbonyl (C=O) groups excluding carboxylic acids is 1. The summed E-state index contributed by atoms with van der Waals surface area (Å²) >= 11 is 0. The lowest BCUT2D eigenvalue weighted by atomic mass is 9.99. The van der Waals surface area contributed by atoms with Crippen molar-refractivity contribution >= 4 is 5.91 Å². The van der Waals surface area contributed by atoms with E-state index in [0.717, 1.165) is 32.1 Å². The Morgan fingerprint density at radius 3 is 2.07 bits per heavy atom. The highest BCUT2D eigenvalue weighted by molar-refractivity contribution is 5.76. The molecular weight excluding hydrogens is 334 g/mol. The fraction of sp³-hybridized carbons (Fsp3) is 0.792. The molecule has 0 aliphatic carbocycles. The highest BCUT2D eigenvalue weighted by Gasteiger charge is 2.16. The Kier molecular flexibility index (Phi) is 18.9. The van der Waals surface area contributed by atoms with Crippen molar-refractivity contribution < 1.29 is 9.90 Å². The van der Waals surface area contributed by atoms with Crippen LogP contribution in [0.3, 0.4) is 0 Å². The van der Waals surface area contributed by atoms with Crippen LogP contribution in [0.25, 0.3) is 0 Å². The summed E-state index contributed by atoms with van der Waals surface area (Å²) in [7, 11) is 0. The zero-order valence-corrected chi connectivity index (χ0v) is 18.2. The molecule has 158 valence electrons. The number of nitrogens with one attached hydrogen (secondary N) is 1. The minimum Gasteiger partial charge on any atom is -0.394 e. The maximum absolute atomic E-state index is 11.9. The monoisotopic (exact) mass is 379 g/mol. The molecule has 0 aliphatic heterocycles. The molecule has 2 N–H and O–H groups in total. The van der Waals surface area contributed by atoms with Gasteiger partial charge in [0, 0.05) is 6.42 Å². The van der Waals surface area contributed by atoms with E-state index < -0.39 is 0 Å². The molecule has 3 nitrogen and oxygen atoms in total. The molecule has 0 saturated carbocycles. The van der Waals surface area contributed by atoms with Crippen molar-refractivity contribution in [2.24, 2.45) is 5.92 Å². The molecule has 0 rings (SSSR count). The van der Waals surface area contributed by atoms with Crippen molar-refractivity contribution in [2.75, 3.05) is 6.61 Å². The first kappa shape index (κ1) is 25.9. The average molecular weight is 380 g/mol. The maximum Gasteiger partial charge on any atom is 0.220 e. The van der Waals surface area contributed by atoms with Gasteiger partial charge < -0.3 is 10.4 Å². The highest BCUT2D eigenvalue weighted by Crippen LogP contribution is 2.10. The van der Waals surface area contributed by atoms with Crippen LogP contribution in [0.2, 0.25) is 0 Å². The lowest BCUT2D eigenvalue weighted by Crippen LogP contribution is -2.41. The molecule has 2 atom stereocenters. The van der Waals surface area contributed by atoms with Gasteiger partial charge >= 0.3 is 0 Å². The first-order chi connectivity index (χ1) is 13.2. The summed E-state index contributed by atoms with van der Waals surface area (Å²) in [6.07, 6.45) is 23.9. The number of aliphatic hydroxyl groups excluding tert-OH is 1. The third-order valence-electron chi connectivity index (χ3n) is 5.23. The minimum atomic E-state index is -0.0968. The zero-order chi connectivity index (χ0) is 20.2. The Balaban J connectivity index is 3.48. The predicted octanol–water partition coefficient (Wildman–Crippen LogP) is 6.32. The van der Waals surface area contributed by atoms with Crippen LogP contribution >= 0.6 is 0 Å². The molecule has 0 aromatic carbocycles. The standard InChI is InChI=1S/C24H45NO2/c1-4-6-7-8-9-10-11-12-13-14-15-16-17-18-19-20-24(27)25-23(21-26)22(3)5-2/h9-10,12-13,22-23,26H,4-8,11,14-21H2,1-3H3,(H,25,27)/b10-9-,13-12-/t22-,23+/m0/s1. The molecule has 0 bridgehead atoms. The van der Waals surface area contributed by atoms with Crippen molar-refractivity contribution in [3.05, 3.63) is 24.3 Å². The maximum atomic E-state index is 11.9. The SMILES string of the molecule is CCCCC/C=C\C/C=C\CCCCCCCC(=O)N[C@H](CO)[C@@H](C)CC. The van der Waals surface area contributed by atoms with Crippen LogP contribution in [0.5, 0.6) is 0 Å². The molecule has 0 heterocycles. The third-order valence-corrected chi connectivity index (χ3v) is 5.23. The molecule has 1 amide bonds. The molecule has 0 fully saturated rings. The van der Waals surface area contributed by atoms with E-state index in [1.54, 1.807) is 0 Å². The Bertz CT molecular complexity index is 390. The van der Waals surface area contributed by atoms with Gasteiger partial charge in [0.25, 0.3) is 0 Å². The third kappa shape index (κ3) is 16.8. The fourth-order valence-corrected chi connectivity index (χ4v) is 3.03. The number of amides is 1. The number of carbonyl (C=O) groups is 1. The van der Waals surface area contributed by atoms with Crippen LogP contribution < -0.4 is 5.32 Å². The number of rotatable bonds is 18. The van der Waals surface area contributed by atoms with E-state index in [-0.39, 0.29) is 18.6 Å². The van der Waals surface area contributed by atoms with Crippen LogP contribution in [0, 0.1) is 5.92 Å². The largest absolute Gasteiger partial charge is 0.394 e. The fourth-order valence-electron chi connectivity index (χ4n) is 3.03. The smallest absolute Gasteiger partial charge is 0.220 e. The summed E-state index contributed by atoms with van der Waals surface area (Å²) in [6.45, 7) is 6.42. The van der Waals surface area contributed by atoms with Crippen LogP contribution in [0.1, 0.15) is 104 Å². The van der Waals surface area contributed by atoms with Gasteiger partial charge in [0.05, 0.1) is 12.6 Å². The van der Waals surface area contributed by atoms with E-state index in [1.807, 2.05) is 0 Å². The van der Waals surface area contributed by atoms with Crippen LogP contribution in [0.15, 0.2) is 24.3 Å². The number of unbranched alkanes of at least 4 members (excludes halogenated alkanes) is 8. The molecule has 0 aromatic heterocycles. The predicted molar refractivity (Wildman–Crippen MR) is 118 cm³/mol. The van der Waals surface area contributed by atoms with Crippen molar-refractivity contribution in [1.29, 1.82) is 0 Å². The second-order valence-corrected chi connectivity index (χ2v) is 7.72. The summed E-state index contributed by atoms with van der Waals surface area (Å²) in [6, 6.07) is -0.0968. The molecule has 0 unspecified atom stereocenters. The van der Waals surface area contributed by atoms with E-state index in [4.69, 9.17) is 0 Å². The summed E-state index contributed by atoms with van der Waals surface area (Å²) in [4.78, 5) is 11.9. The Hall–Kier alpha value is -1.09. The number of aliphatic hydroxyl groups is 1. The quantitative estimate of drug-likeness (QED) is 0.216. The topological polar surface area (TPSA) is 49.3 Å². The average Bonchev–Trinajstić information content (AvgIpc) is 2.68. The number of hydrogen-bond acceptors (Lipinski definition) is 2. The van der Waals surface area contributed by atoms with E-state index in [2.05, 4.69) is 50.4 Å². The van der Waals surface area contributed by atoms with Crippen molar-refractivity contribution in [3.63, 3.8) is 0 Å². The van der Waals surface area contributed by atoms with E-state index in [0.29, 0.717) is 12.3 Å². The lowest BCUT2D eigenvalue weighted by molar-refractivity contribution is -0.122. The van der Waals surface area contributed by atoms with Gasteiger partial charge in [0.15, 0.2) is 0 Å². The van der Waals surface area contributed by atoms with E-state index >= 15 is 0 Å². The Morgan fingerprint density at radius 2 is 1.48 bits per heavy atom. The summed E-state index contributed by atoms with van der Waals surface area (Å²) in [5.74, 6) is 0.406. The van der Waals surface area contributed by atoms with Gasteiger partial charge in [-0.3, -0.25) is 4.79 Å². The first-order valence-electron chi connectivity index (χ1n) is 11.4. The molecule has 0 spiro atoms. The van der Waals surface area contributed by atoms with Gasteiger partial charge in [-0.1, -0.05) is 83.6 Å². The molecular formula is C24H45NO2. The molecule has 0 saturated heterocycles. The lowest BCUT2D eigenvalue weighted by Gasteiger charge is -2.22. The normalized spacial score (nSPS) is 14.1. The zero-order valence-electron chi connectivity index (χ0n) is 18.2. The van der Waals surface area contributed by atoms with E-state index in [9.17, 15) is 9.90 Å². The summed E-state index contributed by atoms with van der Waals surface area (Å²) in [5.41, 5.74) is 0. The molecule has 3 heteroatoms. The molecule has 27 heavy (non-hydrogen) atoms. The van der Waals surface area contributed by atoms with Gasteiger partial charge in [-0.05, 0) is 44.4 Å². The van der Waals surface area contributed by atoms with Gasteiger partial charge in [-0.2, -0.15) is 0 Å². The number of allylic oxidation sites excluding steroid dienone is 4. The molecule has 0 aliphatic rings. The van der Waals surface area contributed by atoms with Crippen LogP contribution in [-0.4, -0.2) is 23.7 Å². The van der Waals surface area contributed by atoms with Crippen LogP contribution in [-0.2, 0) is 4.79 Å². The summed E-state index contributed by atoms with van der Waals surface area (Å²) < 4.78 is 0. The van der Waals surface area contributed by atoms with Crippen LogP contribution in [0.4, 0.5) is 0 Å². The van der Waals surface area contributed by atoms with Crippen molar-refractivity contribution in [3.8, 4) is 0 Å². The highest BCUT2D eigenvalue weighted by atomic mass is 16.3. The van der Waals surface area contributed by atoms with Crippen molar-refractivity contribution in [2.45, 2.75) is 110 Å². The number of hydrogen-bond donors (Lipinski definition) is 2. The second kappa shape index (κ2) is 19.7. The van der Waals surface area contributed by atoms with Gasteiger partial charge in [-0.15, -0.1) is 0 Å². The first-order valence-corrected chi connectivity index (χ1v) is 11.4. The van der Waals surface area contributed by atoms with Gasteiger partial charge in [0.2, 0.25) is 5.91 Å². The molecule has 0 radical (unpaired) electrons. The second-order valence-electron chi connectivity index (χ2n) is 7.72. The Morgan fingerprint density at radius 1 is 0.889 bits per heavy atom.